The Labute approximate surface area is 49.0 Å². The van der Waals surface area contributed by atoms with Gasteiger partial charge in [0.25, 0.3) is 0 Å². The molecule has 0 saturated heterocycles. The lowest BCUT2D eigenvalue weighted by Crippen LogP contribution is -2.07. The van der Waals surface area contributed by atoms with Crippen molar-refractivity contribution in [2.24, 2.45) is 0 Å². The van der Waals surface area contributed by atoms with Gasteiger partial charge in [-0.1, -0.05) is 12.2 Å². The van der Waals surface area contributed by atoms with Crippen molar-refractivity contribution < 1.29 is 4.84 Å². The van der Waals surface area contributed by atoms with E-state index in [1.165, 1.54) is 0 Å². The van der Waals surface area contributed by atoms with Crippen LogP contribution in [0, 0.1) is 0 Å². The molecule has 0 aliphatic carbocycles. The normalized spacial score (nSPS) is 17.4. The Morgan fingerprint density at radius 1 is 1.38 bits per heavy atom. The van der Waals surface area contributed by atoms with Crippen LogP contribution in [-0.4, -0.2) is 12.2 Å². The summed E-state index contributed by atoms with van der Waals surface area (Å²) in [7, 11) is 1.64. The van der Waals surface area contributed by atoms with Gasteiger partial charge in [0, 0.05) is 12.4 Å². The van der Waals surface area contributed by atoms with Gasteiger partial charge in [-0.2, -0.15) is 0 Å². The number of hydrogen-bond acceptors (Lipinski definition) is 2. The minimum Gasteiger partial charge on any atom is -0.273 e. The van der Waals surface area contributed by atoms with E-state index in [2.05, 4.69) is 0 Å². The molecule has 1 aliphatic rings. The fourth-order valence-corrected chi connectivity index (χ4v) is 0.579. The summed E-state index contributed by atoms with van der Waals surface area (Å²) in [4.78, 5) is 4.85. The van der Waals surface area contributed by atoms with Crippen molar-refractivity contribution in [1.82, 2.24) is 5.06 Å². The highest BCUT2D eigenvalue weighted by Crippen LogP contribution is 2.00. The second-order valence-corrected chi connectivity index (χ2v) is 1.55. The molecule has 0 radical (unpaired) electrons. The summed E-state index contributed by atoms with van der Waals surface area (Å²) >= 11 is 0. The zero-order valence-corrected chi connectivity index (χ0v) is 4.87. The lowest BCUT2D eigenvalue weighted by atomic mass is 10.3. The molecular weight excluding hydrogens is 102 g/mol. The van der Waals surface area contributed by atoms with E-state index in [1.54, 1.807) is 12.2 Å². The summed E-state index contributed by atoms with van der Waals surface area (Å²) in [6.07, 6.45) is 8.85. The fraction of sp³-hybridized carbons (Fsp3) is 0.333. The maximum absolute atomic E-state index is 4.85. The van der Waals surface area contributed by atoms with Gasteiger partial charge in [-0.05, 0) is 6.42 Å². The molecule has 44 valence electrons. The van der Waals surface area contributed by atoms with E-state index in [0.717, 1.165) is 6.42 Å². The molecular formula is C6H9NO. The molecule has 0 saturated carbocycles. The monoisotopic (exact) mass is 111 g/mol. The minimum absolute atomic E-state index is 1.01. The van der Waals surface area contributed by atoms with Crippen LogP contribution < -0.4 is 0 Å². The average Bonchev–Trinajstić information content (AvgIpc) is 1.90. The van der Waals surface area contributed by atoms with Crippen LogP contribution in [0.25, 0.3) is 0 Å². The number of rotatable bonds is 1. The molecule has 2 nitrogen and oxygen atoms in total. The van der Waals surface area contributed by atoms with Crippen LogP contribution in [0.1, 0.15) is 6.42 Å². The highest BCUT2D eigenvalue weighted by molar-refractivity contribution is 4.98. The van der Waals surface area contributed by atoms with Crippen molar-refractivity contribution in [1.29, 1.82) is 0 Å². The smallest absolute Gasteiger partial charge is 0.0643 e. The number of hydrogen-bond donors (Lipinski definition) is 0. The zero-order chi connectivity index (χ0) is 5.82. The first-order chi connectivity index (χ1) is 3.93. The SMILES string of the molecule is CON1C=CCC=C1. The zero-order valence-electron chi connectivity index (χ0n) is 4.87. The molecule has 0 spiro atoms. The van der Waals surface area contributed by atoms with E-state index in [4.69, 9.17) is 4.84 Å². The Morgan fingerprint density at radius 2 is 2.00 bits per heavy atom. The van der Waals surface area contributed by atoms with Gasteiger partial charge in [0.2, 0.25) is 0 Å². The van der Waals surface area contributed by atoms with Crippen molar-refractivity contribution in [3.8, 4) is 0 Å². The molecule has 0 N–H and O–H groups in total. The molecule has 1 aliphatic heterocycles. The molecule has 0 unspecified atom stereocenters. The Bertz CT molecular complexity index is 106. The van der Waals surface area contributed by atoms with E-state index in [1.807, 2.05) is 24.6 Å². The third kappa shape index (κ3) is 1.10. The first-order valence-electron chi connectivity index (χ1n) is 2.59. The van der Waals surface area contributed by atoms with Crippen molar-refractivity contribution in [2.45, 2.75) is 6.42 Å². The Hall–Kier alpha value is -0.760. The standard InChI is InChI=1S/C6H9NO/c1-8-7-5-3-2-4-6-7/h3-6H,2H2,1H3. The molecule has 0 fully saturated rings. The second-order valence-electron chi connectivity index (χ2n) is 1.55. The summed E-state index contributed by atoms with van der Waals surface area (Å²) in [6, 6.07) is 0. The van der Waals surface area contributed by atoms with Crippen molar-refractivity contribution in [2.75, 3.05) is 7.11 Å². The highest BCUT2D eigenvalue weighted by Gasteiger charge is 1.90. The molecule has 0 bridgehead atoms. The Balaban J connectivity index is 2.42. The molecule has 8 heavy (non-hydrogen) atoms. The van der Waals surface area contributed by atoms with E-state index in [-0.39, 0.29) is 0 Å². The molecule has 0 aromatic heterocycles. The molecule has 0 amide bonds. The summed E-state index contributed by atoms with van der Waals surface area (Å²) in [5, 5.41) is 1.66. The molecule has 0 aromatic carbocycles. The Kier molecular flexibility index (Phi) is 1.70. The van der Waals surface area contributed by atoms with Crippen molar-refractivity contribution >= 4 is 0 Å². The summed E-state index contributed by atoms with van der Waals surface area (Å²) in [6.45, 7) is 0. The van der Waals surface area contributed by atoms with E-state index in [0.29, 0.717) is 0 Å². The van der Waals surface area contributed by atoms with Gasteiger partial charge < -0.3 is 0 Å². The quantitative estimate of drug-likeness (QED) is 0.505. The van der Waals surface area contributed by atoms with Crippen molar-refractivity contribution in [3.63, 3.8) is 0 Å². The van der Waals surface area contributed by atoms with Gasteiger partial charge in [0.05, 0.1) is 7.11 Å². The van der Waals surface area contributed by atoms with Gasteiger partial charge in [0.1, 0.15) is 0 Å². The fourth-order valence-electron chi connectivity index (χ4n) is 0.579. The highest BCUT2D eigenvalue weighted by atomic mass is 16.7. The lowest BCUT2D eigenvalue weighted by Gasteiger charge is -2.12. The van der Waals surface area contributed by atoms with E-state index >= 15 is 0 Å². The van der Waals surface area contributed by atoms with Crippen LogP contribution >= 0.6 is 0 Å². The van der Waals surface area contributed by atoms with Crippen LogP contribution in [-0.2, 0) is 4.84 Å². The summed E-state index contributed by atoms with van der Waals surface area (Å²) in [5.41, 5.74) is 0. The van der Waals surface area contributed by atoms with E-state index in [9.17, 15) is 0 Å². The van der Waals surface area contributed by atoms with Crippen LogP contribution in [0.4, 0.5) is 0 Å². The Morgan fingerprint density at radius 3 is 2.38 bits per heavy atom. The number of nitrogens with zero attached hydrogens (tertiary/aromatic N) is 1. The topological polar surface area (TPSA) is 12.5 Å². The first kappa shape index (κ1) is 5.38. The lowest BCUT2D eigenvalue weighted by molar-refractivity contribution is -0.0451. The van der Waals surface area contributed by atoms with Crippen molar-refractivity contribution in [3.05, 3.63) is 24.6 Å². The van der Waals surface area contributed by atoms with Crippen LogP contribution in [0.2, 0.25) is 0 Å². The number of allylic oxidation sites excluding steroid dienone is 2. The molecule has 0 atom stereocenters. The molecule has 2 heteroatoms. The third-order valence-electron chi connectivity index (χ3n) is 0.988. The second kappa shape index (κ2) is 2.52. The predicted octanol–water partition coefficient (Wildman–Crippen LogP) is 1.28. The largest absolute Gasteiger partial charge is 0.273 e. The predicted molar refractivity (Wildman–Crippen MR) is 31.7 cm³/mol. The third-order valence-corrected chi connectivity index (χ3v) is 0.988. The summed E-state index contributed by atoms with van der Waals surface area (Å²) < 4.78 is 0. The van der Waals surface area contributed by atoms with E-state index < -0.39 is 0 Å². The first-order valence-corrected chi connectivity index (χ1v) is 2.59. The average molecular weight is 111 g/mol. The summed E-state index contributed by atoms with van der Waals surface area (Å²) in [5.74, 6) is 0. The number of hydroxylamine groups is 2. The minimum atomic E-state index is 1.01. The van der Waals surface area contributed by atoms with Gasteiger partial charge in [-0.3, -0.25) is 4.84 Å². The van der Waals surface area contributed by atoms with Crippen LogP contribution in [0.15, 0.2) is 24.6 Å². The van der Waals surface area contributed by atoms with Crippen LogP contribution in [0.5, 0.6) is 0 Å². The molecule has 0 aromatic rings. The maximum Gasteiger partial charge on any atom is 0.0643 e. The van der Waals surface area contributed by atoms with Gasteiger partial charge in [0.15, 0.2) is 0 Å². The van der Waals surface area contributed by atoms with Gasteiger partial charge in [-0.15, -0.1) is 0 Å². The molecule has 1 rings (SSSR count). The van der Waals surface area contributed by atoms with Gasteiger partial charge >= 0.3 is 0 Å². The molecule has 1 heterocycles. The van der Waals surface area contributed by atoms with Crippen LogP contribution in [0.3, 0.4) is 0 Å². The maximum atomic E-state index is 4.85. The van der Waals surface area contributed by atoms with Gasteiger partial charge in [-0.25, -0.2) is 5.06 Å².